The maximum atomic E-state index is 12.9. The normalized spacial score (nSPS) is 24.7. The zero-order valence-corrected chi connectivity index (χ0v) is 17.4. The Labute approximate surface area is 171 Å². The number of carbonyl (C=O) groups is 2. The van der Waals surface area contributed by atoms with Crippen molar-refractivity contribution in [2.24, 2.45) is 23.2 Å². The van der Waals surface area contributed by atoms with Crippen molar-refractivity contribution >= 4 is 17.5 Å². The maximum absolute atomic E-state index is 12.9. The molecule has 29 heavy (non-hydrogen) atoms. The van der Waals surface area contributed by atoms with Crippen LogP contribution >= 0.6 is 0 Å². The van der Waals surface area contributed by atoms with Gasteiger partial charge in [-0.15, -0.1) is 0 Å². The van der Waals surface area contributed by atoms with Crippen LogP contribution in [0, 0.1) is 23.2 Å². The van der Waals surface area contributed by atoms with Crippen molar-refractivity contribution in [1.82, 2.24) is 20.0 Å². The second-order valence-electron chi connectivity index (χ2n) is 8.92. The lowest BCUT2D eigenvalue weighted by atomic mass is 9.45. The van der Waals surface area contributed by atoms with Crippen molar-refractivity contribution in [2.45, 2.75) is 33.1 Å². The van der Waals surface area contributed by atoms with Gasteiger partial charge in [0.2, 0.25) is 0 Å². The molecule has 0 unspecified atom stereocenters. The highest BCUT2D eigenvalue weighted by Crippen LogP contribution is 2.61. The molecule has 2 aromatic heterocycles. The Bertz CT molecular complexity index is 918. The summed E-state index contributed by atoms with van der Waals surface area (Å²) in [6, 6.07) is 5.35. The fraction of sp³-hybridized carbons (Fsp3) is 0.591. The highest BCUT2D eigenvalue weighted by atomic mass is 16.5. The van der Waals surface area contributed by atoms with Crippen LogP contribution in [0.15, 0.2) is 24.4 Å². The molecule has 2 heterocycles. The molecule has 7 nitrogen and oxygen atoms in total. The Kier molecular flexibility index (Phi) is 5.34. The lowest BCUT2D eigenvalue weighted by Gasteiger charge is -2.60. The van der Waals surface area contributed by atoms with Gasteiger partial charge in [-0.2, -0.15) is 0 Å². The van der Waals surface area contributed by atoms with E-state index in [1.807, 2.05) is 0 Å². The van der Waals surface area contributed by atoms with Crippen LogP contribution in [-0.2, 0) is 4.74 Å². The monoisotopic (exact) mass is 398 g/mol. The van der Waals surface area contributed by atoms with E-state index < -0.39 is 0 Å². The van der Waals surface area contributed by atoms with Crippen LogP contribution < -0.4 is 10.6 Å². The fourth-order valence-electron chi connectivity index (χ4n) is 5.18. The number of amides is 2. The molecule has 0 aromatic carbocycles. The van der Waals surface area contributed by atoms with Crippen molar-refractivity contribution < 1.29 is 14.3 Å². The SMILES string of the molecule is COCCNC(=O)c1cn2c(C(=O)NC[C@@H]3CC[C@H]4C[C@@H]3C4(C)C)cccc2n1. The first-order valence-electron chi connectivity index (χ1n) is 10.4. The van der Waals surface area contributed by atoms with Crippen LogP contribution in [0.1, 0.15) is 54.1 Å². The second-order valence-corrected chi connectivity index (χ2v) is 8.92. The summed E-state index contributed by atoms with van der Waals surface area (Å²) in [5.41, 5.74) is 1.77. The number of pyridine rings is 1. The second kappa shape index (κ2) is 7.78. The van der Waals surface area contributed by atoms with Gasteiger partial charge >= 0.3 is 0 Å². The molecular formula is C22H30N4O3. The van der Waals surface area contributed by atoms with Gasteiger partial charge in [-0.3, -0.25) is 14.0 Å². The number of rotatable bonds is 7. The molecule has 156 valence electrons. The number of aromatic nitrogens is 2. The first-order valence-corrected chi connectivity index (χ1v) is 10.4. The molecule has 2 bridgehead atoms. The van der Waals surface area contributed by atoms with E-state index in [1.54, 1.807) is 35.9 Å². The summed E-state index contributed by atoms with van der Waals surface area (Å²) in [4.78, 5) is 29.5. The number of methoxy groups -OCH3 is 1. The minimum absolute atomic E-state index is 0.126. The molecule has 3 fully saturated rings. The average molecular weight is 399 g/mol. The summed E-state index contributed by atoms with van der Waals surface area (Å²) in [5, 5.41) is 5.88. The molecule has 2 amide bonds. The van der Waals surface area contributed by atoms with E-state index in [9.17, 15) is 9.59 Å². The first kappa shape index (κ1) is 19.9. The third-order valence-electron chi connectivity index (χ3n) is 7.08. The Morgan fingerprint density at radius 3 is 2.79 bits per heavy atom. The summed E-state index contributed by atoms with van der Waals surface area (Å²) >= 11 is 0. The van der Waals surface area contributed by atoms with Crippen LogP contribution in [0.3, 0.4) is 0 Å². The number of ether oxygens (including phenoxy) is 1. The van der Waals surface area contributed by atoms with Gasteiger partial charge in [0.25, 0.3) is 11.8 Å². The van der Waals surface area contributed by atoms with Gasteiger partial charge in [-0.25, -0.2) is 4.98 Å². The lowest BCUT2D eigenvalue weighted by Crippen LogP contribution is -2.54. The molecule has 3 atom stereocenters. The first-order chi connectivity index (χ1) is 13.9. The third-order valence-corrected chi connectivity index (χ3v) is 7.08. The largest absolute Gasteiger partial charge is 0.383 e. The van der Waals surface area contributed by atoms with Crippen LogP contribution in [0.4, 0.5) is 0 Å². The van der Waals surface area contributed by atoms with E-state index in [4.69, 9.17) is 4.74 Å². The Morgan fingerprint density at radius 2 is 2.07 bits per heavy atom. The summed E-state index contributed by atoms with van der Waals surface area (Å²) < 4.78 is 6.63. The van der Waals surface area contributed by atoms with E-state index >= 15 is 0 Å². The quantitative estimate of drug-likeness (QED) is 0.702. The smallest absolute Gasteiger partial charge is 0.271 e. The van der Waals surface area contributed by atoms with Gasteiger partial charge < -0.3 is 15.4 Å². The molecule has 3 saturated carbocycles. The minimum atomic E-state index is -0.277. The Hall–Kier alpha value is -2.41. The van der Waals surface area contributed by atoms with Gasteiger partial charge in [0, 0.05) is 26.4 Å². The van der Waals surface area contributed by atoms with Gasteiger partial charge in [-0.1, -0.05) is 19.9 Å². The molecular weight excluding hydrogens is 368 g/mol. The summed E-state index contributed by atoms with van der Waals surface area (Å²) in [5.74, 6) is 1.70. The molecule has 2 aromatic rings. The Balaban J connectivity index is 1.44. The Morgan fingerprint density at radius 1 is 1.24 bits per heavy atom. The molecule has 0 saturated heterocycles. The maximum Gasteiger partial charge on any atom is 0.271 e. The molecule has 0 radical (unpaired) electrons. The molecule has 3 aliphatic rings. The number of imidazole rings is 1. The van der Waals surface area contributed by atoms with E-state index in [-0.39, 0.29) is 17.5 Å². The molecule has 0 aliphatic heterocycles. The van der Waals surface area contributed by atoms with Crippen molar-refractivity contribution in [3.05, 3.63) is 35.8 Å². The van der Waals surface area contributed by atoms with E-state index in [2.05, 4.69) is 29.5 Å². The standard InChI is InChI=1S/C22H30N4O3/c1-22(2)15-8-7-14(16(22)11-15)12-24-21(28)18-5-4-6-19-25-17(13-26(18)19)20(27)23-9-10-29-3/h4-6,13-16H,7-12H2,1-3H3,(H,23,27)(H,24,28)/t14-,15-,16-/m0/s1. The number of nitrogens with zero attached hydrogens (tertiary/aromatic N) is 2. The number of fused-ring (bicyclic) bond motifs is 3. The number of carbonyl (C=O) groups excluding carboxylic acids is 2. The predicted molar refractivity (Wildman–Crippen MR) is 110 cm³/mol. The molecule has 5 rings (SSSR count). The number of nitrogens with one attached hydrogen (secondary N) is 2. The lowest BCUT2D eigenvalue weighted by molar-refractivity contribution is -0.103. The third kappa shape index (κ3) is 3.64. The summed E-state index contributed by atoms with van der Waals surface area (Å²) in [6.45, 7) is 6.29. The highest BCUT2D eigenvalue weighted by molar-refractivity contribution is 5.95. The van der Waals surface area contributed by atoms with Gasteiger partial charge in [0.05, 0.1) is 6.61 Å². The molecule has 3 aliphatic carbocycles. The summed E-state index contributed by atoms with van der Waals surface area (Å²) in [6.07, 6.45) is 5.38. The van der Waals surface area contributed by atoms with Gasteiger partial charge in [0.1, 0.15) is 17.0 Å². The van der Waals surface area contributed by atoms with Crippen LogP contribution in [-0.4, -0.2) is 48.0 Å². The van der Waals surface area contributed by atoms with Crippen molar-refractivity contribution in [2.75, 3.05) is 26.8 Å². The van der Waals surface area contributed by atoms with Crippen molar-refractivity contribution in [3.63, 3.8) is 0 Å². The topological polar surface area (TPSA) is 84.7 Å². The molecule has 0 spiro atoms. The van der Waals surface area contributed by atoms with E-state index in [1.165, 1.54) is 19.3 Å². The number of hydrogen-bond donors (Lipinski definition) is 2. The predicted octanol–water partition coefficient (Wildman–Crippen LogP) is 2.51. The van der Waals surface area contributed by atoms with Crippen molar-refractivity contribution in [1.29, 1.82) is 0 Å². The molecule has 2 N–H and O–H groups in total. The zero-order chi connectivity index (χ0) is 20.6. The fourth-order valence-corrected chi connectivity index (χ4v) is 5.18. The molecule has 7 heteroatoms. The van der Waals surface area contributed by atoms with Crippen LogP contribution in [0.25, 0.3) is 5.65 Å². The van der Waals surface area contributed by atoms with Crippen LogP contribution in [0.5, 0.6) is 0 Å². The number of hydrogen-bond acceptors (Lipinski definition) is 4. The zero-order valence-electron chi connectivity index (χ0n) is 17.4. The average Bonchev–Trinajstić information content (AvgIpc) is 3.16. The van der Waals surface area contributed by atoms with Crippen molar-refractivity contribution in [3.8, 4) is 0 Å². The van der Waals surface area contributed by atoms with Gasteiger partial charge in [-0.05, 0) is 54.6 Å². The summed E-state index contributed by atoms with van der Waals surface area (Å²) in [7, 11) is 1.58. The van der Waals surface area contributed by atoms with Crippen LogP contribution in [0.2, 0.25) is 0 Å². The van der Waals surface area contributed by atoms with E-state index in [0.717, 1.165) is 5.92 Å². The highest BCUT2D eigenvalue weighted by Gasteiger charge is 2.53. The van der Waals surface area contributed by atoms with E-state index in [0.29, 0.717) is 48.3 Å². The van der Waals surface area contributed by atoms with Gasteiger partial charge in [0.15, 0.2) is 0 Å². The minimum Gasteiger partial charge on any atom is -0.383 e.